The zero-order valence-corrected chi connectivity index (χ0v) is 13.4. The summed E-state index contributed by atoms with van der Waals surface area (Å²) in [6.45, 7) is 1.60. The smallest absolute Gasteiger partial charge is 0.261 e. The molecule has 0 aromatic heterocycles. The summed E-state index contributed by atoms with van der Waals surface area (Å²) in [5, 5.41) is 9.57. The van der Waals surface area contributed by atoms with Crippen molar-refractivity contribution in [3.63, 3.8) is 0 Å². The maximum atomic E-state index is 12.4. The molecule has 0 saturated heterocycles. The number of benzene rings is 2. The standard InChI is InChI=1S/C15H17NO3S2/c1-11(17)12-6-5-7-13(10-12)21(18,19)16-14-8-3-4-9-15(14)20-2/h3-11,16-17H,1-2H3. The third-order valence-electron chi connectivity index (χ3n) is 3.00. The van der Waals surface area contributed by atoms with Crippen molar-refractivity contribution in [2.24, 2.45) is 0 Å². The number of sulfonamides is 1. The SMILES string of the molecule is CSc1ccccc1NS(=O)(=O)c1cccc(C(C)O)c1. The zero-order chi connectivity index (χ0) is 15.5. The van der Waals surface area contributed by atoms with E-state index in [2.05, 4.69) is 4.72 Å². The monoisotopic (exact) mass is 323 g/mol. The molecule has 2 N–H and O–H groups in total. The lowest BCUT2D eigenvalue weighted by Crippen LogP contribution is -2.14. The van der Waals surface area contributed by atoms with Crippen LogP contribution in [-0.2, 0) is 10.0 Å². The van der Waals surface area contributed by atoms with Crippen LogP contribution >= 0.6 is 11.8 Å². The van der Waals surface area contributed by atoms with Gasteiger partial charge in [-0.2, -0.15) is 0 Å². The molecule has 2 aromatic carbocycles. The van der Waals surface area contributed by atoms with Gasteiger partial charge in [-0.1, -0.05) is 24.3 Å². The van der Waals surface area contributed by atoms with Crippen LogP contribution in [0.1, 0.15) is 18.6 Å². The van der Waals surface area contributed by atoms with Crippen molar-refractivity contribution in [1.82, 2.24) is 0 Å². The molecule has 4 nitrogen and oxygen atoms in total. The second kappa shape index (κ2) is 6.51. The summed E-state index contributed by atoms with van der Waals surface area (Å²) in [5.41, 5.74) is 1.11. The molecule has 0 aliphatic rings. The van der Waals surface area contributed by atoms with Crippen LogP contribution in [0.25, 0.3) is 0 Å². The van der Waals surface area contributed by atoms with Crippen molar-refractivity contribution in [3.8, 4) is 0 Å². The Morgan fingerprint density at radius 1 is 1.14 bits per heavy atom. The molecular formula is C15H17NO3S2. The minimum atomic E-state index is -3.68. The van der Waals surface area contributed by atoms with E-state index in [-0.39, 0.29) is 4.90 Å². The van der Waals surface area contributed by atoms with E-state index in [1.807, 2.05) is 18.4 Å². The van der Waals surface area contributed by atoms with Gasteiger partial charge in [-0.15, -0.1) is 11.8 Å². The Kier molecular flexibility index (Phi) is 4.92. The van der Waals surface area contributed by atoms with Crippen molar-refractivity contribution in [2.75, 3.05) is 11.0 Å². The fraction of sp³-hybridized carbons (Fsp3) is 0.200. The first-order chi connectivity index (χ1) is 9.94. The summed E-state index contributed by atoms with van der Waals surface area (Å²) in [4.78, 5) is 0.990. The Morgan fingerprint density at radius 3 is 2.52 bits per heavy atom. The molecule has 1 atom stereocenters. The molecule has 0 radical (unpaired) electrons. The first kappa shape index (κ1) is 15.9. The second-order valence-electron chi connectivity index (χ2n) is 4.55. The Labute approximate surface area is 129 Å². The molecule has 0 aliphatic carbocycles. The van der Waals surface area contributed by atoms with E-state index >= 15 is 0 Å². The quantitative estimate of drug-likeness (QED) is 0.829. The molecule has 0 amide bonds. The van der Waals surface area contributed by atoms with Gasteiger partial charge < -0.3 is 5.11 Å². The molecule has 0 aliphatic heterocycles. The van der Waals surface area contributed by atoms with Gasteiger partial charge in [0.25, 0.3) is 10.0 Å². The summed E-state index contributed by atoms with van der Waals surface area (Å²) in [6.07, 6.45) is 1.18. The third kappa shape index (κ3) is 3.78. The van der Waals surface area contributed by atoms with Gasteiger partial charge in [0.1, 0.15) is 0 Å². The fourth-order valence-corrected chi connectivity index (χ4v) is 3.63. The minimum Gasteiger partial charge on any atom is -0.389 e. The maximum absolute atomic E-state index is 12.4. The van der Waals surface area contributed by atoms with E-state index in [0.717, 1.165) is 4.90 Å². The largest absolute Gasteiger partial charge is 0.389 e. The number of hydrogen-bond donors (Lipinski definition) is 2. The number of aliphatic hydroxyl groups is 1. The van der Waals surface area contributed by atoms with Crippen LogP contribution in [0.15, 0.2) is 58.3 Å². The summed E-state index contributed by atoms with van der Waals surface area (Å²) in [6, 6.07) is 13.5. The lowest BCUT2D eigenvalue weighted by molar-refractivity contribution is 0.199. The molecule has 0 heterocycles. The highest BCUT2D eigenvalue weighted by molar-refractivity contribution is 7.99. The average Bonchev–Trinajstić information content (AvgIpc) is 2.47. The van der Waals surface area contributed by atoms with Crippen molar-refractivity contribution >= 4 is 27.5 Å². The first-order valence-electron chi connectivity index (χ1n) is 6.38. The summed E-state index contributed by atoms with van der Waals surface area (Å²) < 4.78 is 27.5. The fourth-order valence-electron chi connectivity index (χ4n) is 1.87. The van der Waals surface area contributed by atoms with Crippen molar-refractivity contribution in [2.45, 2.75) is 22.8 Å². The third-order valence-corrected chi connectivity index (χ3v) is 5.16. The van der Waals surface area contributed by atoms with Gasteiger partial charge in [0.15, 0.2) is 0 Å². The Balaban J connectivity index is 2.36. The second-order valence-corrected chi connectivity index (χ2v) is 7.08. The van der Waals surface area contributed by atoms with Crippen LogP contribution in [0, 0.1) is 0 Å². The van der Waals surface area contributed by atoms with Gasteiger partial charge in [0.05, 0.1) is 16.7 Å². The normalized spacial score (nSPS) is 12.9. The summed E-state index contributed by atoms with van der Waals surface area (Å²) in [5.74, 6) is 0. The van der Waals surface area contributed by atoms with Crippen LogP contribution in [0.5, 0.6) is 0 Å². The number of rotatable bonds is 5. The topological polar surface area (TPSA) is 66.4 Å². The summed E-state index contributed by atoms with van der Waals surface area (Å²) >= 11 is 1.47. The van der Waals surface area contributed by atoms with Gasteiger partial charge in [-0.25, -0.2) is 8.42 Å². The highest BCUT2D eigenvalue weighted by Gasteiger charge is 2.17. The predicted octanol–water partition coefficient (Wildman–Crippen LogP) is 3.26. The van der Waals surface area contributed by atoms with E-state index in [4.69, 9.17) is 0 Å². The molecule has 0 bridgehead atoms. The van der Waals surface area contributed by atoms with E-state index in [1.165, 1.54) is 23.9 Å². The Hall–Kier alpha value is -1.50. The highest BCUT2D eigenvalue weighted by atomic mass is 32.2. The number of para-hydroxylation sites is 1. The maximum Gasteiger partial charge on any atom is 0.261 e. The van der Waals surface area contributed by atoms with E-state index in [1.54, 1.807) is 31.2 Å². The van der Waals surface area contributed by atoms with Crippen molar-refractivity contribution < 1.29 is 13.5 Å². The molecule has 0 fully saturated rings. The highest BCUT2D eigenvalue weighted by Crippen LogP contribution is 2.27. The van der Waals surface area contributed by atoms with Crippen LogP contribution in [-0.4, -0.2) is 19.8 Å². The van der Waals surface area contributed by atoms with Gasteiger partial charge in [-0.05, 0) is 43.0 Å². The van der Waals surface area contributed by atoms with E-state index in [0.29, 0.717) is 11.3 Å². The molecule has 21 heavy (non-hydrogen) atoms. The number of nitrogens with one attached hydrogen (secondary N) is 1. The van der Waals surface area contributed by atoms with Crippen LogP contribution in [0.3, 0.4) is 0 Å². The van der Waals surface area contributed by atoms with Crippen LogP contribution < -0.4 is 4.72 Å². The average molecular weight is 323 g/mol. The molecule has 0 spiro atoms. The van der Waals surface area contributed by atoms with Crippen LogP contribution in [0.2, 0.25) is 0 Å². The lowest BCUT2D eigenvalue weighted by Gasteiger charge is -2.12. The zero-order valence-electron chi connectivity index (χ0n) is 11.8. The Morgan fingerprint density at radius 2 is 1.86 bits per heavy atom. The van der Waals surface area contributed by atoms with Gasteiger partial charge >= 0.3 is 0 Å². The van der Waals surface area contributed by atoms with Crippen molar-refractivity contribution in [3.05, 3.63) is 54.1 Å². The molecule has 2 aromatic rings. The molecule has 2 rings (SSSR count). The predicted molar refractivity (Wildman–Crippen MR) is 86.1 cm³/mol. The summed E-state index contributed by atoms with van der Waals surface area (Å²) in [7, 11) is -3.68. The lowest BCUT2D eigenvalue weighted by atomic mass is 10.1. The minimum absolute atomic E-state index is 0.136. The number of anilines is 1. The van der Waals surface area contributed by atoms with Crippen molar-refractivity contribution in [1.29, 1.82) is 0 Å². The molecular weight excluding hydrogens is 306 g/mol. The van der Waals surface area contributed by atoms with Gasteiger partial charge in [0, 0.05) is 4.90 Å². The number of thioether (sulfide) groups is 1. The molecule has 0 saturated carbocycles. The molecule has 6 heteroatoms. The number of hydrogen-bond acceptors (Lipinski definition) is 4. The van der Waals surface area contributed by atoms with Gasteiger partial charge in [0.2, 0.25) is 0 Å². The van der Waals surface area contributed by atoms with Crippen LogP contribution in [0.4, 0.5) is 5.69 Å². The number of aliphatic hydroxyl groups excluding tert-OH is 1. The molecule has 1 unspecified atom stereocenters. The Bertz CT molecular complexity index is 727. The van der Waals surface area contributed by atoms with E-state index < -0.39 is 16.1 Å². The molecule has 112 valence electrons. The van der Waals surface area contributed by atoms with E-state index in [9.17, 15) is 13.5 Å². The first-order valence-corrected chi connectivity index (χ1v) is 9.08. The van der Waals surface area contributed by atoms with Gasteiger partial charge in [-0.3, -0.25) is 4.72 Å².